The van der Waals surface area contributed by atoms with Crippen molar-refractivity contribution in [3.05, 3.63) is 54.2 Å². The molecule has 0 bridgehead atoms. The maximum absolute atomic E-state index is 11.9. The number of hydrogen-bond donors (Lipinski definition) is 2. The first-order valence-corrected chi connectivity index (χ1v) is 13.3. The van der Waals surface area contributed by atoms with E-state index in [0.29, 0.717) is 37.9 Å². The predicted molar refractivity (Wildman–Crippen MR) is 125 cm³/mol. The van der Waals surface area contributed by atoms with Crippen LogP contribution in [0.3, 0.4) is 0 Å². The van der Waals surface area contributed by atoms with E-state index >= 15 is 0 Å². The normalized spacial score (nSPS) is 26.7. The van der Waals surface area contributed by atoms with Crippen LogP contribution in [0.1, 0.15) is 43.6 Å². The molecule has 4 rings (SSSR count). The lowest BCUT2D eigenvalue weighted by Gasteiger charge is -2.40. The zero-order valence-corrected chi connectivity index (χ0v) is 19.4. The lowest BCUT2D eigenvalue weighted by Crippen LogP contribution is -2.52. The maximum atomic E-state index is 11.9. The lowest BCUT2D eigenvalue weighted by molar-refractivity contribution is -0.00216. The maximum Gasteiger partial charge on any atom is 0.208 e. The number of aromatic hydroxyl groups is 1. The molecular formula is C24H33N3O4S. The second-order valence-electron chi connectivity index (χ2n) is 9.06. The molecule has 1 unspecified atom stereocenters. The smallest absolute Gasteiger partial charge is 0.208 e. The van der Waals surface area contributed by atoms with Gasteiger partial charge in [-0.25, -0.2) is 18.1 Å². The first-order valence-electron chi connectivity index (χ1n) is 11.4. The van der Waals surface area contributed by atoms with E-state index in [1.54, 1.807) is 18.3 Å². The molecule has 2 N–H and O–H groups in total. The fraction of sp³-hybridized carbons (Fsp3) is 0.542. The fourth-order valence-corrected chi connectivity index (χ4v) is 5.86. The number of benzene rings is 1. The van der Waals surface area contributed by atoms with Crippen molar-refractivity contribution in [2.45, 2.75) is 50.2 Å². The molecule has 1 aliphatic carbocycles. The van der Waals surface area contributed by atoms with Crippen molar-refractivity contribution < 1.29 is 18.3 Å². The lowest BCUT2D eigenvalue weighted by atomic mass is 9.82. The van der Waals surface area contributed by atoms with Crippen molar-refractivity contribution in [2.75, 3.05) is 30.9 Å². The summed E-state index contributed by atoms with van der Waals surface area (Å²) < 4.78 is 32.9. The van der Waals surface area contributed by atoms with Gasteiger partial charge in [0.15, 0.2) is 11.6 Å². The largest absolute Gasteiger partial charge is 0.504 e. The van der Waals surface area contributed by atoms with E-state index in [9.17, 15) is 13.5 Å². The number of aromatic nitrogens is 1. The quantitative estimate of drug-likeness (QED) is 0.660. The minimum Gasteiger partial charge on any atom is -0.504 e. The SMILES string of the molecule is CS(=O)(=O)N[C@H]1CCN(c2ncccc2O)CC1COC1CCC(c2ccccc2)CC1. The van der Waals surface area contributed by atoms with Crippen LogP contribution in [0.5, 0.6) is 5.75 Å². The van der Waals surface area contributed by atoms with Crippen LogP contribution in [0.4, 0.5) is 5.82 Å². The van der Waals surface area contributed by atoms with Gasteiger partial charge in [0, 0.05) is 31.2 Å². The molecule has 2 aliphatic rings. The minimum absolute atomic E-state index is 0.0215. The van der Waals surface area contributed by atoms with E-state index < -0.39 is 10.0 Å². The highest BCUT2D eigenvalue weighted by Gasteiger charge is 2.34. The van der Waals surface area contributed by atoms with Gasteiger partial charge in [-0.1, -0.05) is 30.3 Å². The summed E-state index contributed by atoms with van der Waals surface area (Å²) in [5, 5.41) is 10.2. The number of pyridine rings is 1. The number of anilines is 1. The van der Waals surface area contributed by atoms with Crippen LogP contribution in [-0.4, -0.2) is 56.6 Å². The Labute approximate surface area is 190 Å². The Morgan fingerprint density at radius 1 is 1.09 bits per heavy atom. The summed E-state index contributed by atoms with van der Waals surface area (Å²) in [7, 11) is -3.32. The topological polar surface area (TPSA) is 91.8 Å². The molecule has 8 heteroatoms. The van der Waals surface area contributed by atoms with Gasteiger partial charge in [-0.15, -0.1) is 0 Å². The van der Waals surface area contributed by atoms with Crippen LogP contribution in [0.25, 0.3) is 0 Å². The van der Waals surface area contributed by atoms with Crippen LogP contribution in [0.2, 0.25) is 0 Å². The number of ether oxygens (including phenoxy) is 1. The molecule has 2 atom stereocenters. The van der Waals surface area contributed by atoms with Crippen molar-refractivity contribution in [3.63, 3.8) is 0 Å². The molecule has 0 radical (unpaired) electrons. The summed E-state index contributed by atoms with van der Waals surface area (Å²) in [4.78, 5) is 6.34. The highest BCUT2D eigenvalue weighted by molar-refractivity contribution is 7.88. The molecule has 174 valence electrons. The van der Waals surface area contributed by atoms with E-state index in [2.05, 4.69) is 40.0 Å². The molecule has 1 aromatic carbocycles. The van der Waals surface area contributed by atoms with Gasteiger partial charge in [0.2, 0.25) is 10.0 Å². The molecule has 2 aromatic rings. The number of piperidine rings is 1. The van der Waals surface area contributed by atoms with E-state index in [-0.39, 0.29) is 23.8 Å². The fourth-order valence-electron chi connectivity index (χ4n) is 5.00. The van der Waals surface area contributed by atoms with Gasteiger partial charge in [0.05, 0.1) is 19.0 Å². The summed E-state index contributed by atoms with van der Waals surface area (Å²) in [6.07, 6.45) is 7.95. The summed E-state index contributed by atoms with van der Waals surface area (Å²) in [6, 6.07) is 13.8. The van der Waals surface area contributed by atoms with Crippen LogP contribution >= 0.6 is 0 Å². The Morgan fingerprint density at radius 2 is 1.84 bits per heavy atom. The monoisotopic (exact) mass is 459 g/mol. The predicted octanol–water partition coefficient (Wildman–Crippen LogP) is 3.27. The van der Waals surface area contributed by atoms with Gasteiger partial charge in [0.1, 0.15) is 0 Å². The van der Waals surface area contributed by atoms with Crippen molar-refractivity contribution >= 4 is 15.8 Å². The van der Waals surface area contributed by atoms with Gasteiger partial charge in [-0.05, 0) is 55.7 Å². The van der Waals surface area contributed by atoms with E-state index in [1.165, 1.54) is 11.8 Å². The summed E-state index contributed by atoms with van der Waals surface area (Å²) >= 11 is 0. The summed E-state index contributed by atoms with van der Waals surface area (Å²) in [6.45, 7) is 1.69. The molecule has 0 amide bonds. The number of nitrogens with zero attached hydrogens (tertiary/aromatic N) is 2. The molecule has 7 nitrogen and oxygen atoms in total. The number of nitrogens with one attached hydrogen (secondary N) is 1. The molecule has 1 saturated heterocycles. The van der Waals surface area contributed by atoms with Crippen LogP contribution in [0.15, 0.2) is 48.7 Å². The Kier molecular flexibility index (Phi) is 7.33. The standard InChI is InChI=1S/C24H33N3O4S/c1-32(29,30)26-22-13-15-27(24-23(28)8-5-14-25-24)16-20(22)17-31-21-11-9-19(10-12-21)18-6-3-2-4-7-18/h2-8,14,19-22,26,28H,9-13,15-17H2,1H3/t19?,20?,21?,22-/m0/s1. The van der Waals surface area contributed by atoms with Crippen LogP contribution < -0.4 is 9.62 Å². The Morgan fingerprint density at radius 3 is 2.53 bits per heavy atom. The van der Waals surface area contributed by atoms with Gasteiger partial charge in [0.25, 0.3) is 0 Å². The van der Waals surface area contributed by atoms with Crippen LogP contribution in [0, 0.1) is 5.92 Å². The van der Waals surface area contributed by atoms with E-state index in [1.807, 2.05) is 4.90 Å². The van der Waals surface area contributed by atoms with Crippen LogP contribution in [-0.2, 0) is 14.8 Å². The minimum atomic E-state index is -3.32. The third-order valence-corrected chi connectivity index (χ3v) is 7.39. The van der Waals surface area contributed by atoms with Gasteiger partial charge in [-0.3, -0.25) is 0 Å². The van der Waals surface area contributed by atoms with E-state index in [0.717, 1.165) is 25.7 Å². The van der Waals surface area contributed by atoms with Crippen molar-refractivity contribution in [3.8, 4) is 5.75 Å². The zero-order valence-electron chi connectivity index (χ0n) is 18.6. The first-order chi connectivity index (χ1) is 15.4. The highest BCUT2D eigenvalue weighted by atomic mass is 32.2. The Balaban J connectivity index is 1.36. The number of sulfonamides is 1. The zero-order chi connectivity index (χ0) is 22.6. The molecule has 1 aliphatic heterocycles. The summed E-state index contributed by atoms with van der Waals surface area (Å²) in [5.41, 5.74) is 1.40. The number of hydrogen-bond acceptors (Lipinski definition) is 6. The summed E-state index contributed by atoms with van der Waals surface area (Å²) in [5.74, 6) is 1.25. The second kappa shape index (κ2) is 10.2. The molecule has 1 aromatic heterocycles. The van der Waals surface area contributed by atoms with Gasteiger partial charge >= 0.3 is 0 Å². The van der Waals surface area contributed by atoms with Gasteiger partial charge < -0.3 is 14.7 Å². The molecule has 2 heterocycles. The van der Waals surface area contributed by atoms with Crippen molar-refractivity contribution in [2.24, 2.45) is 5.92 Å². The van der Waals surface area contributed by atoms with Gasteiger partial charge in [-0.2, -0.15) is 0 Å². The average Bonchev–Trinajstić information content (AvgIpc) is 2.79. The molecule has 32 heavy (non-hydrogen) atoms. The van der Waals surface area contributed by atoms with E-state index in [4.69, 9.17) is 4.74 Å². The molecular weight excluding hydrogens is 426 g/mol. The first kappa shape index (κ1) is 23.0. The third kappa shape index (κ3) is 5.99. The average molecular weight is 460 g/mol. The third-order valence-electron chi connectivity index (χ3n) is 6.66. The number of rotatable bonds is 7. The Bertz CT molecular complexity index is 978. The molecule has 0 spiro atoms. The van der Waals surface area contributed by atoms with Crippen molar-refractivity contribution in [1.29, 1.82) is 0 Å². The molecule has 1 saturated carbocycles. The highest BCUT2D eigenvalue weighted by Crippen LogP contribution is 2.35. The Hall–Kier alpha value is -2.16. The molecule has 2 fully saturated rings. The van der Waals surface area contributed by atoms with Crippen molar-refractivity contribution in [1.82, 2.24) is 9.71 Å². The second-order valence-corrected chi connectivity index (χ2v) is 10.8.